The highest BCUT2D eigenvalue weighted by atomic mass is 16.5. The van der Waals surface area contributed by atoms with Crippen molar-refractivity contribution in [3.8, 4) is 11.8 Å². The molecule has 0 amide bonds. The van der Waals surface area contributed by atoms with E-state index in [0.29, 0.717) is 11.8 Å². The average molecular weight is 265 g/mol. The van der Waals surface area contributed by atoms with E-state index >= 15 is 0 Å². The van der Waals surface area contributed by atoms with Crippen LogP contribution in [0.1, 0.15) is 45.5 Å². The second kappa shape index (κ2) is 5.33. The number of methoxy groups -OCH3 is 2. The van der Waals surface area contributed by atoms with Gasteiger partial charge in [0.05, 0.1) is 26.3 Å². The fourth-order valence-corrected chi connectivity index (χ4v) is 2.62. The van der Waals surface area contributed by atoms with Crippen molar-refractivity contribution in [3.63, 3.8) is 0 Å². The highest BCUT2D eigenvalue weighted by molar-refractivity contribution is 5.22. The molecule has 1 atom stereocenters. The molecule has 1 saturated heterocycles. The van der Waals surface area contributed by atoms with E-state index in [1.807, 2.05) is 0 Å². The topological polar surface area (TPSA) is 47.5 Å². The maximum Gasteiger partial charge on any atom is 0.220 e. The van der Waals surface area contributed by atoms with Crippen LogP contribution in [0.5, 0.6) is 11.8 Å². The van der Waals surface area contributed by atoms with E-state index < -0.39 is 0 Å². The predicted molar refractivity (Wildman–Crippen MR) is 73.6 cm³/mol. The predicted octanol–water partition coefficient (Wildman–Crippen LogP) is 2.43. The summed E-state index contributed by atoms with van der Waals surface area (Å²) in [4.78, 5) is 11.4. The minimum Gasteiger partial charge on any atom is -0.481 e. The van der Waals surface area contributed by atoms with Gasteiger partial charge in [0.15, 0.2) is 5.82 Å². The summed E-state index contributed by atoms with van der Waals surface area (Å²) in [7, 11) is 3.23. The van der Waals surface area contributed by atoms with E-state index in [1.165, 1.54) is 6.42 Å². The van der Waals surface area contributed by atoms with Crippen LogP contribution in [0.3, 0.4) is 0 Å². The van der Waals surface area contributed by atoms with Gasteiger partial charge in [-0.05, 0) is 40.2 Å². The van der Waals surface area contributed by atoms with Gasteiger partial charge in [0.2, 0.25) is 11.8 Å². The number of ether oxygens (including phenoxy) is 2. The van der Waals surface area contributed by atoms with Crippen LogP contribution in [0.2, 0.25) is 0 Å². The zero-order chi connectivity index (χ0) is 14.0. The Morgan fingerprint density at radius 1 is 1.16 bits per heavy atom. The van der Waals surface area contributed by atoms with Crippen LogP contribution in [0.15, 0.2) is 6.07 Å². The van der Waals surface area contributed by atoms with Gasteiger partial charge < -0.3 is 9.47 Å². The van der Waals surface area contributed by atoms with Gasteiger partial charge in [-0.3, -0.25) is 4.90 Å². The van der Waals surface area contributed by atoms with Crippen LogP contribution in [-0.2, 0) is 0 Å². The van der Waals surface area contributed by atoms with E-state index in [4.69, 9.17) is 9.47 Å². The average Bonchev–Trinajstić information content (AvgIpc) is 2.87. The van der Waals surface area contributed by atoms with Gasteiger partial charge in [0.25, 0.3) is 0 Å². The molecule has 1 aromatic rings. The maximum absolute atomic E-state index is 5.23. The van der Waals surface area contributed by atoms with Crippen LogP contribution < -0.4 is 9.47 Å². The standard InChI is InChI=1S/C14H23N3O2/c1-14(2,3)17-8-6-7-10(17)13-15-11(18-4)9-12(16-13)19-5/h9-10H,6-8H2,1-5H3. The molecule has 0 aliphatic carbocycles. The van der Waals surface area contributed by atoms with Crippen LogP contribution in [-0.4, -0.2) is 41.2 Å². The molecule has 1 unspecified atom stereocenters. The zero-order valence-electron chi connectivity index (χ0n) is 12.4. The first-order valence-corrected chi connectivity index (χ1v) is 6.69. The van der Waals surface area contributed by atoms with Crippen molar-refractivity contribution in [2.45, 2.75) is 45.2 Å². The maximum atomic E-state index is 5.23. The van der Waals surface area contributed by atoms with E-state index in [9.17, 15) is 0 Å². The number of likely N-dealkylation sites (tertiary alicyclic amines) is 1. The molecule has 0 bridgehead atoms. The molecule has 1 fully saturated rings. The van der Waals surface area contributed by atoms with Gasteiger partial charge in [-0.25, -0.2) is 0 Å². The Labute approximate surface area is 115 Å². The van der Waals surface area contributed by atoms with Gasteiger partial charge in [0, 0.05) is 5.54 Å². The molecule has 0 saturated carbocycles. The number of aromatic nitrogens is 2. The molecule has 1 aliphatic heterocycles. The molecule has 5 heteroatoms. The molecule has 0 aromatic carbocycles. The first kappa shape index (κ1) is 14.1. The van der Waals surface area contributed by atoms with Crippen LogP contribution in [0, 0.1) is 0 Å². The first-order chi connectivity index (χ1) is 8.95. The molecule has 0 N–H and O–H groups in total. The summed E-state index contributed by atoms with van der Waals surface area (Å²) >= 11 is 0. The van der Waals surface area contributed by atoms with Crippen molar-refractivity contribution >= 4 is 0 Å². The number of hydrogen-bond acceptors (Lipinski definition) is 5. The number of hydrogen-bond donors (Lipinski definition) is 0. The van der Waals surface area contributed by atoms with E-state index in [1.54, 1.807) is 20.3 Å². The fraction of sp³-hybridized carbons (Fsp3) is 0.714. The third-order valence-electron chi connectivity index (χ3n) is 3.53. The normalized spacial score (nSPS) is 20.6. The molecule has 0 spiro atoms. The Kier molecular flexibility index (Phi) is 3.94. The summed E-state index contributed by atoms with van der Waals surface area (Å²) < 4.78 is 10.5. The van der Waals surface area contributed by atoms with Crippen molar-refractivity contribution in [3.05, 3.63) is 11.9 Å². The highest BCUT2D eigenvalue weighted by Crippen LogP contribution is 2.36. The van der Waals surface area contributed by atoms with Crippen molar-refractivity contribution in [2.24, 2.45) is 0 Å². The van der Waals surface area contributed by atoms with Gasteiger partial charge >= 0.3 is 0 Å². The third-order valence-corrected chi connectivity index (χ3v) is 3.53. The molecule has 106 valence electrons. The van der Waals surface area contributed by atoms with Crippen LogP contribution in [0.4, 0.5) is 0 Å². The smallest absolute Gasteiger partial charge is 0.220 e. The summed E-state index contributed by atoms with van der Waals surface area (Å²) in [5.41, 5.74) is 0.112. The molecule has 5 nitrogen and oxygen atoms in total. The lowest BCUT2D eigenvalue weighted by Gasteiger charge is -2.36. The Bertz CT molecular complexity index is 421. The molecular weight excluding hydrogens is 242 g/mol. The summed E-state index contributed by atoms with van der Waals surface area (Å²) in [6.45, 7) is 7.76. The summed E-state index contributed by atoms with van der Waals surface area (Å²) in [5.74, 6) is 1.91. The van der Waals surface area contributed by atoms with Crippen molar-refractivity contribution in [1.82, 2.24) is 14.9 Å². The van der Waals surface area contributed by atoms with Gasteiger partial charge in [-0.15, -0.1) is 0 Å². The molecule has 19 heavy (non-hydrogen) atoms. The SMILES string of the molecule is COc1cc(OC)nc(C2CCCN2C(C)(C)C)n1. The van der Waals surface area contributed by atoms with Crippen molar-refractivity contribution in [2.75, 3.05) is 20.8 Å². The Morgan fingerprint density at radius 3 is 2.21 bits per heavy atom. The molecule has 0 radical (unpaired) electrons. The monoisotopic (exact) mass is 265 g/mol. The van der Waals surface area contributed by atoms with Crippen LogP contribution >= 0.6 is 0 Å². The summed E-state index contributed by atoms with van der Waals surface area (Å²) in [6.07, 6.45) is 2.25. The minimum absolute atomic E-state index is 0.112. The van der Waals surface area contributed by atoms with E-state index in [2.05, 4.69) is 35.6 Å². The Morgan fingerprint density at radius 2 is 1.74 bits per heavy atom. The molecule has 1 aromatic heterocycles. The second-order valence-corrected chi connectivity index (χ2v) is 5.83. The van der Waals surface area contributed by atoms with Gasteiger partial charge in [-0.1, -0.05) is 0 Å². The summed E-state index contributed by atoms with van der Waals surface area (Å²) in [5, 5.41) is 0. The molecule has 2 heterocycles. The molecule has 2 rings (SSSR count). The lowest BCUT2D eigenvalue weighted by molar-refractivity contribution is 0.116. The fourth-order valence-electron chi connectivity index (χ4n) is 2.62. The van der Waals surface area contributed by atoms with Crippen LogP contribution in [0.25, 0.3) is 0 Å². The van der Waals surface area contributed by atoms with E-state index in [0.717, 1.165) is 18.8 Å². The van der Waals surface area contributed by atoms with Crippen molar-refractivity contribution in [1.29, 1.82) is 0 Å². The number of rotatable bonds is 3. The first-order valence-electron chi connectivity index (χ1n) is 6.69. The zero-order valence-corrected chi connectivity index (χ0v) is 12.4. The quantitative estimate of drug-likeness (QED) is 0.840. The van der Waals surface area contributed by atoms with Gasteiger partial charge in [0.1, 0.15) is 0 Å². The van der Waals surface area contributed by atoms with E-state index in [-0.39, 0.29) is 11.6 Å². The Hall–Kier alpha value is -1.36. The second-order valence-electron chi connectivity index (χ2n) is 5.83. The number of nitrogens with zero attached hydrogens (tertiary/aromatic N) is 3. The van der Waals surface area contributed by atoms with Crippen molar-refractivity contribution < 1.29 is 9.47 Å². The lowest BCUT2D eigenvalue weighted by atomic mass is 10.0. The lowest BCUT2D eigenvalue weighted by Crippen LogP contribution is -2.41. The molecule has 1 aliphatic rings. The van der Waals surface area contributed by atoms with Gasteiger partial charge in [-0.2, -0.15) is 9.97 Å². The third kappa shape index (κ3) is 2.97. The summed E-state index contributed by atoms with van der Waals surface area (Å²) in [6, 6.07) is 1.95. The largest absolute Gasteiger partial charge is 0.481 e. The highest BCUT2D eigenvalue weighted by Gasteiger charge is 2.35. The minimum atomic E-state index is 0.112. The molecular formula is C14H23N3O2. The Balaban J connectivity index is 2.35.